The topological polar surface area (TPSA) is 74.8 Å². The predicted octanol–water partition coefficient (Wildman–Crippen LogP) is 5.62. The lowest BCUT2D eigenvalue weighted by atomic mass is 9.82. The average Bonchev–Trinajstić information content (AvgIpc) is 3.03. The third kappa shape index (κ3) is 4.38. The van der Waals surface area contributed by atoms with Gasteiger partial charge in [-0.1, -0.05) is 46.5 Å². The maximum absolute atomic E-state index is 13.7. The standard InChI is InChI=1S/C25H21Cl3N2O4/c1-13-3-9-18-20(11-13)25(34)30(23(18)32)29(24(33)19-10-8-17(27)12-21(19)28)14(2)22(31)15-4-6-16(26)7-5-15/h3-8,10,12,14,18,20H,9,11H2,1-2H3/t14-,18-,20+/m0/s1. The number of hydrazine groups is 1. The van der Waals surface area contributed by atoms with Gasteiger partial charge in [-0.3, -0.25) is 19.2 Å². The molecule has 1 aliphatic heterocycles. The summed E-state index contributed by atoms with van der Waals surface area (Å²) in [5.74, 6) is -3.37. The molecule has 0 unspecified atom stereocenters. The minimum Gasteiger partial charge on any atom is -0.292 e. The third-order valence-corrected chi connectivity index (χ3v) is 7.06. The first-order chi connectivity index (χ1) is 16.1. The summed E-state index contributed by atoms with van der Waals surface area (Å²) >= 11 is 18.2. The summed E-state index contributed by atoms with van der Waals surface area (Å²) in [6, 6.07) is 9.26. The fourth-order valence-electron chi connectivity index (χ4n) is 4.43. The number of Topliss-reactive ketones (excluding diaryl/α,β-unsaturated/α-hetero) is 1. The van der Waals surface area contributed by atoms with Crippen LogP contribution in [0.3, 0.4) is 0 Å². The molecule has 0 aromatic heterocycles. The summed E-state index contributed by atoms with van der Waals surface area (Å²) < 4.78 is 0. The molecule has 4 rings (SSSR count). The summed E-state index contributed by atoms with van der Waals surface area (Å²) in [4.78, 5) is 53.9. The van der Waals surface area contributed by atoms with E-state index in [1.807, 2.05) is 13.0 Å². The molecule has 176 valence electrons. The fourth-order valence-corrected chi connectivity index (χ4v) is 5.04. The summed E-state index contributed by atoms with van der Waals surface area (Å²) in [6.45, 7) is 3.38. The molecule has 0 saturated carbocycles. The van der Waals surface area contributed by atoms with Crippen LogP contribution in [0.25, 0.3) is 0 Å². The van der Waals surface area contributed by atoms with Gasteiger partial charge in [0.2, 0.25) is 0 Å². The molecule has 3 amide bonds. The van der Waals surface area contributed by atoms with Crippen LogP contribution in [0.5, 0.6) is 0 Å². The highest BCUT2D eigenvalue weighted by molar-refractivity contribution is 6.37. The summed E-state index contributed by atoms with van der Waals surface area (Å²) in [7, 11) is 0. The van der Waals surface area contributed by atoms with E-state index in [0.29, 0.717) is 22.9 Å². The van der Waals surface area contributed by atoms with Crippen molar-refractivity contribution in [3.63, 3.8) is 0 Å². The number of benzene rings is 2. The summed E-state index contributed by atoms with van der Waals surface area (Å²) in [5.41, 5.74) is 1.31. The maximum atomic E-state index is 13.7. The Balaban J connectivity index is 1.77. The second-order valence-corrected chi connectivity index (χ2v) is 9.79. The molecule has 1 heterocycles. The Hall–Kier alpha value is -2.67. The molecule has 0 N–H and O–H groups in total. The molecule has 3 atom stereocenters. The molecular weight excluding hydrogens is 499 g/mol. The maximum Gasteiger partial charge on any atom is 0.275 e. The Morgan fingerprint density at radius 3 is 2.24 bits per heavy atom. The lowest BCUT2D eigenvalue weighted by molar-refractivity contribution is -0.156. The van der Waals surface area contributed by atoms with Crippen molar-refractivity contribution in [1.29, 1.82) is 0 Å². The number of imide groups is 1. The van der Waals surface area contributed by atoms with E-state index in [0.717, 1.165) is 15.6 Å². The lowest BCUT2D eigenvalue weighted by Gasteiger charge is -2.35. The van der Waals surface area contributed by atoms with Gasteiger partial charge >= 0.3 is 0 Å². The van der Waals surface area contributed by atoms with Crippen molar-refractivity contribution in [2.24, 2.45) is 11.8 Å². The number of hydrogen-bond acceptors (Lipinski definition) is 4. The van der Waals surface area contributed by atoms with E-state index in [1.165, 1.54) is 37.3 Å². The zero-order valence-corrected chi connectivity index (χ0v) is 20.7. The monoisotopic (exact) mass is 518 g/mol. The van der Waals surface area contributed by atoms with Crippen molar-refractivity contribution in [3.8, 4) is 0 Å². The Morgan fingerprint density at radius 2 is 1.59 bits per heavy atom. The van der Waals surface area contributed by atoms with E-state index in [4.69, 9.17) is 34.8 Å². The molecule has 9 heteroatoms. The molecular formula is C25H21Cl3N2O4. The number of amides is 3. The highest BCUT2D eigenvalue weighted by Crippen LogP contribution is 2.39. The molecule has 2 aromatic carbocycles. The quantitative estimate of drug-likeness (QED) is 0.292. The number of nitrogens with zero attached hydrogens (tertiary/aromatic N) is 2. The van der Waals surface area contributed by atoms with Crippen LogP contribution < -0.4 is 0 Å². The van der Waals surface area contributed by atoms with Gasteiger partial charge in [-0.25, -0.2) is 5.01 Å². The number of hydrogen-bond donors (Lipinski definition) is 0. The van der Waals surface area contributed by atoms with Crippen molar-refractivity contribution in [3.05, 3.63) is 80.3 Å². The highest BCUT2D eigenvalue weighted by Gasteiger charge is 2.53. The lowest BCUT2D eigenvalue weighted by Crippen LogP contribution is -2.56. The van der Waals surface area contributed by atoms with Gasteiger partial charge in [0.05, 0.1) is 22.4 Å². The number of fused-ring (bicyclic) bond motifs is 1. The van der Waals surface area contributed by atoms with Crippen molar-refractivity contribution in [2.75, 3.05) is 0 Å². The van der Waals surface area contributed by atoms with E-state index >= 15 is 0 Å². The van der Waals surface area contributed by atoms with Crippen LogP contribution in [0.1, 0.15) is 47.4 Å². The van der Waals surface area contributed by atoms with Gasteiger partial charge in [0, 0.05) is 15.6 Å². The fraction of sp³-hybridized carbons (Fsp3) is 0.280. The number of ketones is 1. The molecule has 6 nitrogen and oxygen atoms in total. The van der Waals surface area contributed by atoms with Gasteiger partial charge in [0.15, 0.2) is 5.78 Å². The molecule has 2 aliphatic rings. The van der Waals surface area contributed by atoms with E-state index in [1.54, 1.807) is 12.1 Å². The van der Waals surface area contributed by atoms with Crippen LogP contribution in [0, 0.1) is 11.8 Å². The number of halogens is 3. The Morgan fingerprint density at radius 1 is 0.971 bits per heavy atom. The van der Waals surface area contributed by atoms with Crippen LogP contribution in [0.2, 0.25) is 15.1 Å². The highest BCUT2D eigenvalue weighted by atomic mass is 35.5. The third-order valence-electron chi connectivity index (χ3n) is 6.26. The Bertz CT molecular complexity index is 1230. The molecule has 1 saturated heterocycles. The van der Waals surface area contributed by atoms with Crippen LogP contribution in [0.15, 0.2) is 54.1 Å². The smallest absolute Gasteiger partial charge is 0.275 e. The van der Waals surface area contributed by atoms with E-state index in [9.17, 15) is 19.2 Å². The van der Waals surface area contributed by atoms with Crippen molar-refractivity contribution < 1.29 is 19.2 Å². The van der Waals surface area contributed by atoms with Crippen molar-refractivity contribution in [1.82, 2.24) is 10.0 Å². The van der Waals surface area contributed by atoms with Crippen LogP contribution in [-0.4, -0.2) is 39.6 Å². The molecule has 0 radical (unpaired) electrons. The van der Waals surface area contributed by atoms with Gasteiger partial charge in [-0.2, -0.15) is 5.01 Å². The van der Waals surface area contributed by atoms with E-state index < -0.39 is 41.4 Å². The van der Waals surface area contributed by atoms with Gasteiger partial charge in [-0.15, -0.1) is 0 Å². The van der Waals surface area contributed by atoms with E-state index in [2.05, 4.69) is 0 Å². The second-order valence-electron chi connectivity index (χ2n) is 8.51. The first kappa shape index (κ1) is 24.5. The van der Waals surface area contributed by atoms with Crippen molar-refractivity contribution >= 4 is 58.3 Å². The minimum absolute atomic E-state index is 0.0200. The molecule has 0 spiro atoms. The van der Waals surface area contributed by atoms with Gasteiger partial charge < -0.3 is 0 Å². The molecule has 1 aliphatic carbocycles. The minimum atomic E-state index is -1.18. The first-order valence-corrected chi connectivity index (χ1v) is 11.8. The number of carbonyl (C=O) groups is 4. The second kappa shape index (κ2) is 9.53. The van der Waals surface area contributed by atoms with Gasteiger partial charge in [0.25, 0.3) is 17.7 Å². The zero-order chi connectivity index (χ0) is 24.7. The van der Waals surface area contributed by atoms with Crippen LogP contribution >= 0.6 is 34.8 Å². The summed E-state index contributed by atoms with van der Waals surface area (Å²) in [6.07, 6.45) is 2.76. The Kier molecular flexibility index (Phi) is 6.85. The number of allylic oxidation sites excluding steroid dienone is 2. The number of rotatable bonds is 5. The normalized spacial score (nSPS) is 20.6. The van der Waals surface area contributed by atoms with Gasteiger partial charge in [0.1, 0.15) is 6.04 Å². The van der Waals surface area contributed by atoms with Crippen molar-refractivity contribution in [2.45, 2.75) is 32.7 Å². The van der Waals surface area contributed by atoms with E-state index in [-0.39, 0.29) is 16.1 Å². The first-order valence-electron chi connectivity index (χ1n) is 10.7. The zero-order valence-electron chi connectivity index (χ0n) is 18.4. The van der Waals surface area contributed by atoms with Gasteiger partial charge in [-0.05, 0) is 69.2 Å². The SMILES string of the molecule is CC1=CC[C@@H]2C(=O)N(N(C(=O)c3ccc(Cl)cc3Cl)[C@@H](C)C(=O)c3ccc(Cl)cc3)C(=O)[C@@H]2C1. The Labute approximate surface area is 212 Å². The van der Waals surface area contributed by atoms with Crippen LogP contribution in [0.4, 0.5) is 0 Å². The molecule has 34 heavy (non-hydrogen) atoms. The molecule has 2 aromatic rings. The summed E-state index contributed by atoms with van der Waals surface area (Å²) in [5, 5.41) is 2.58. The largest absolute Gasteiger partial charge is 0.292 e. The molecule has 1 fully saturated rings. The predicted molar refractivity (Wildman–Crippen MR) is 130 cm³/mol. The van der Waals surface area contributed by atoms with Crippen LogP contribution in [-0.2, 0) is 9.59 Å². The molecule has 0 bridgehead atoms. The average molecular weight is 520 g/mol. The number of carbonyl (C=O) groups excluding carboxylic acids is 4.